The second-order valence-corrected chi connectivity index (χ2v) is 7.63. The van der Waals surface area contributed by atoms with Gasteiger partial charge in [0.15, 0.2) is 17.5 Å². The van der Waals surface area contributed by atoms with E-state index in [2.05, 4.69) is 5.43 Å². The second kappa shape index (κ2) is 8.28. The van der Waals surface area contributed by atoms with Gasteiger partial charge in [0.05, 0.1) is 11.2 Å². The normalized spacial score (nSPS) is 11.1. The van der Waals surface area contributed by atoms with E-state index in [1.165, 1.54) is 18.2 Å². The maximum atomic E-state index is 13.7. The largest absolute Gasteiger partial charge is 0.338 e. The van der Waals surface area contributed by atoms with Crippen molar-refractivity contribution in [3.05, 3.63) is 63.4 Å². The SMILES string of the molecule is CC(C)(C)N(NC(=O)Nc1ccc(F)c(F)c1F)C(=O)c1cc(Cl)cc(Cl)c1. The number of carbonyl (C=O) groups is 2. The Kier molecular flexibility index (Phi) is 6.46. The average Bonchev–Trinajstić information content (AvgIpc) is 2.58. The lowest BCUT2D eigenvalue weighted by Gasteiger charge is -2.35. The van der Waals surface area contributed by atoms with E-state index >= 15 is 0 Å². The number of anilines is 1. The summed E-state index contributed by atoms with van der Waals surface area (Å²) in [6, 6.07) is 4.64. The average molecular weight is 434 g/mol. The third-order valence-corrected chi connectivity index (χ3v) is 3.92. The molecule has 0 atom stereocenters. The van der Waals surface area contributed by atoms with Crippen molar-refractivity contribution in [1.29, 1.82) is 0 Å². The molecule has 28 heavy (non-hydrogen) atoms. The molecule has 3 amide bonds. The fraction of sp³-hybridized carbons (Fsp3) is 0.222. The van der Waals surface area contributed by atoms with Crippen LogP contribution in [0.15, 0.2) is 30.3 Å². The van der Waals surface area contributed by atoms with Gasteiger partial charge in [-0.2, -0.15) is 0 Å². The lowest BCUT2D eigenvalue weighted by Crippen LogP contribution is -2.56. The van der Waals surface area contributed by atoms with Crippen LogP contribution in [0.1, 0.15) is 31.1 Å². The van der Waals surface area contributed by atoms with Gasteiger partial charge < -0.3 is 5.32 Å². The fourth-order valence-corrected chi connectivity index (χ4v) is 2.73. The summed E-state index contributed by atoms with van der Waals surface area (Å²) >= 11 is 11.8. The lowest BCUT2D eigenvalue weighted by molar-refractivity contribution is 0.0460. The molecule has 0 bridgehead atoms. The Hall–Kier alpha value is -2.45. The molecule has 0 aliphatic carbocycles. The summed E-state index contributed by atoms with van der Waals surface area (Å²) in [6.45, 7) is 4.90. The molecular weight excluding hydrogens is 418 g/mol. The quantitative estimate of drug-likeness (QED) is 0.492. The van der Waals surface area contributed by atoms with Gasteiger partial charge in [0.2, 0.25) is 0 Å². The van der Waals surface area contributed by atoms with E-state index in [0.717, 1.165) is 11.1 Å². The molecule has 0 heterocycles. The van der Waals surface area contributed by atoms with E-state index in [0.29, 0.717) is 6.07 Å². The Morgan fingerprint density at radius 2 is 1.54 bits per heavy atom. The van der Waals surface area contributed by atoms with E-state index in [1.54, 1.807) is 20.8 Å². The molecule has 0 spiro atoms. The number of rotatable bonds is 2. The summed E-state index contributed by atoms with van der Waals surface area (Å²) in [5, 5.41) is 3.45. The standard InChI is InChI=1S/C18H16Cl2F3N3O2/c1-18(2,3)26(16(27)9-6-10(19)8-11(20)7-9)25-17(28)24-13-5-4-12(21)14(22)15(13)23/h4-8H,1-3H3,(H2,24,25,28). The van der Waals surface area contributed by atoms with Crippen LogP contribution in [0.5, 0.6) is 0 Å². The van der Waals surface area contributed by atoms with Gasteiger partial charge in [0.1, 0.15) is 0 Å². The number of hydrogen-bond donors (Lipinski definition) is 2. The number of nitrogens with one attached hydrogen (secondary N) is 2. The fourth-order valence-electron chi connectivity index (χ4n) is 2.20. The Bertz CT molecular complexity index is 913. The summed E-state index contributed by atoms with van der Waals surface area (Å²) in [5.74, 6) is -5.33. The van der Waals surface area contributed by atoms with Gasteiger partial charge in [0, 0.05) is 15.6 Å². The minimum atomic E-state index is -1.73. The minimum Gasteiger partial charge on any atom is -0.304 e. The summed E-state index contributed by atoms with van der Waals surface area (Å²) in [4.78, 5) is 25.1. The van der Waals surface area contributed by atoms with Gasteiger partial charge in [-0.15, -0.1) is 0 Å². The van der Waals surface area contributed by atoms with E-state index in [4.69, 9.17) is 23.2 Å². The van der Waals surface area contributed by atoms with Gasteiger partial charge in [-0.3, -0.25) is 4.79 Å². The molecule has 0 saturated carbocycles. The third-order valence-electron chi connectivity index (χ3n) is 3.48. The number of hydrogen-bond acceptors (Lipinski definition) is 2. The predicted molar refractivity (Wildman–Crippen MR) is 101 cm³/mol. The van der Waals surface area contributed by atoms with Gasteiger partial charge in [-0.25, -0.2) is 28.4 Å². The third kappa shape index (κ3) is 5.08. The number of halogens is 5. The Morgan fingerprint density at radius 3 is 2.07 bits per heavy atom. The van der Waals surface area contributed by atoms with Crippen LogP contribution in [-0.2, 0) is 0 Å². The van der Waals surface area contributed by atoms with Crippen molar-refractivity contribution < 1.29 is 22.8 Å². The smallest absolute Gasteiger partial charge is 0.304 e. The number of amides is 3. The van der Waals surface area contributed by atoms with Crippen LogP contribution in [0.3, 0.4) is 0 Å². The van der Waals surface area contributed by atoms with E-state index in [-0.39, 0.29) is 15.6 Å². The second-order valence-electron chi connectivity index (χ2n) is 6.76. The lowest BCUT2D eigenvalue weighted by atomic mass is 10.1. The molecule has 5 nitrogen and oxygen atoms in total. The van der Waals surface area contributed by atoms with E-state index in [9.17, 15) is 22.8 Å². The van der Waals surface area contributed by atoms with Crippen molar-refractivity contribution in [1.82, 2.24) is 10.4 Å². The van der Waals surface area contributed by atoms with Gasteiger partial charge in [-0.05, 0) is 51.1 Å². The molecule has 0 radical (unpaired) electrons. The molecule has 2 N–H and O–H groups in total. The Morgan fingerprint density at radius 1 is 0.964 bits per heavy atom. The van der Waals surface area contributed by atoms with Crippen LogP contribution in [0.2, 0.25) is 10.0 Å². The van der Waals surface area contributed by atoms with Crippen LogP contribution >= 0.6 is 23.2 Å². The van der Waals surface area contributed by atoms with E-state index < -0.39 is 40.6 Å². The van der Waals surface area contributed by atoms with Crippen LogP contribution in [-0.4, -0.2) is 22.5 Å². The van der Waals surface area contributed by atoms with Crippen LogP contribution in [0, 0.1) is 17.5 Å². The molecule has 10 heteroatoms. The van der Waals surface area contributed by atoms with Crippen molar-refractivity contribution >= 4 is 40.8 Å². The maximum absolute atomic E-state index is 13.7. The van der Waals surface area contributed by atoms with Crippen molar-refractivity contribution in [3.8, 4) is 0 Å². The number of hydrazine groups is 1. The van der Waals surface area contributed by atoms with Gasteiger partial charge in [0.25, 0.3) is 5.91 Å². The zero-order valence-corrected chi connectivity index (χ0v) is 16.6. The molecule has 0 aliphatic heterocycles. The summed E-state index contributed by atoms with van der Waals surface area (Å²) in [5.41, 5.74) is 0.871. The molecule has 0 fully saturated rings. The molecule has 2 aromatic carbocycles. The van der Waals surface area contributed by atoms with Crippen molar-refractivity contribution in [3.63, 3.8) is 0 Å². The summed E-state index contributed by atoms with van der Waals surface area (Å²) in [6.07, 6.45) is 0. The van der Waals surface area contributed by atoms with Gasteiger partial charge >= 0.3 is 6.03 Å². The van der Waals surface area contributed by atoms with Crippen molar-refractivity contribution in [2.24, 2.45) is 0 Å². The van der Waals surface area contributed by atoms with Gasteiger partial charge in [-0.1, -0.05) is 23.2 Å². The maximum Gasteiger partial charge on any atom is 0.338 e. The first kappa shape index (κ1) is 21.8. The molecule has 0 unspecified atom stereocenters. The first-order valence-corrected chi connectivity index (χ1v) is 8.67. The zero-order valence-electron chi connectivity index (χ0n) is 15.0. The highest BCUT2D eigenvalue weighted by atomic mass is 35.5. The molecule has 0 aliphatic rings. The minimum absolute atomic E-state index is 0.103. The van der Waals surface area contributed by atoms with Crippen molar-refractivity contribution in [2.45, 2.75) is 26.3 Å². The molecule has 2 aromatic rings. The zero-order chi connectivity index (χ0) is 21.2. The monoisotopic (exact) mass is 433 g/mol. The molecule has 0 aromatic heterocycles. The number of urea groups is 1. The van der Waals surface area contributed by atoms with Crippen LogP contribution in [0.25, 0.3) is 0 Å². The first-order chi connectivity index (χ1) is 12.9. The first-order valence-electron chi connectivity index (χ1n) is 7.92. The molecule has 2 rings (SSSR count). The molecule has 0 saturated heterocycles. The van der Waals surface area contributed by atoms with E-state index in [1.807, 2.05) is 5.32 Å². The summed E-state index contributed by atoms with van der Waals surface area (Å²) in [7, 11) is 0. The number of nitrogens with zero attached hydrogens (tertiary/aromatic N) is 1. The highest BCUT2D eigenvalue weighted by Crippen LogP contribution is 2.23. The van der Waals surface area contributed by atoms with Crippen LogP contribution < -0.4 is 10.7 Å². The topological polar surface area (TPSA) is 61.4 Å². The number of carbonyl (C=O) groups excluding carboxylic acids is 2. The Balaban J connectivity index is 2.26. The van der Waals surface area contributed by atoms with Crippen LogP contribution in [0.4, 0.5) is 23.7 Å². The highest BCUT2D eigenvalue weighted by molar-refractivity contribution is 6.35. The number of benzene rings is 2. The molecule has 150 valence electrons. The molecular formula is C18H16Cl2F3N3O2. The predicted octanol–water partition coefficient (Wildman–Crippen LogP) is 5.39. The summed E-state index contributed by atoms with van der Waals surface area (Å²) < 4.78 is 40.1. The van der Waals surface area contributed by atoms with Crippen molar-refractivity contribution in [2.75, 3.05) is 5.32 Å². The Labute approximate surface area is 169 Å². The highest BCUT2D eigenvalue weighted by Gasteiger charge is 2.30.